The molecular formula is C11H19NO3. The van der Waals surface area contributed by atoms with Gasteiger partial charge in [0.15, 0.2) is 0 Å². The third-order valence-corrected chi connectivity index (χ3v) is 3.29. The SMILES string of the molecule is O=C([C@H]1CCCO1)N1CCC[C@@H](CO)C1. The molecular weight excluding hydrogens is 194 g/mol. The molecule has 2 saturated heterocycles. The number of hydrogen-bond acceptors (Lipinski definition) is 3. The van der Waals surface area contributed by atoms with Gasteiger partial charge in [-0.2, -0.15) is 0 Å². The lowest BCUT2D eigenvalue weighted by Crippen LogP contribution is -2.45. The minimum Gasteiger partial charge on any atom is -0.396 e. The van der Waals surface area contributed by atoms with Crippen LogP contribution in [0.3, 0.4) is 0 Å². The molecule has 0 aromatic heterocycles. The predicted octanol–water partition coefficient (Wildman–Crippen LogP) is 0.396. The van der Waals surface area contributed by atoms with E-state index in [2.05, 4.69) is 0 Å². The lowest BCUT2D eigenvalue weighted by Gasteiger charge is -2.33. The molecule has 4 heteroatoms. The Labute approximate surface area is 90.2 Å². The van der Waals surface area contributed by atoms with Crippen LogP contribution in [-0.4, -0.2) is 48.3 Å². The second-order valence-electron chi connectivity index (χ2n) is 4.48. The summed E-state index contributed by atoms with van der Waals surface area (Å²) in [5.74, 6) is 0.398. The van der Waals surface area contributed by atoms with E-state index < -0.39 is 0 Å². The summed E-state index contributed by atoms with van der Waals surface area (Å²) in [6.07, 6.45) is 3.69. The maximum atomic E-state index is 12.0. The minimum atomic E-state index is -0.206. The van der Waals surface area contributed by atoms with Crippen molar-refractivity contribution in [2.75, 3.05) is 26.3 Å². The molecule has 0 bridgehead atoms. The summed E-state index contributed by atoms with van der Waals surface area (Å²) >= 11 is 0. The molecule has 0 aromatic carbocycles. The monoisotopic (exact) mass is 213 g/mol. The number of aliphatic hydroxyl groups excluding tert-OH is 1. The predicted molar refractivity (Wildman–Crippen MR) is 55.4 cm³/mol. The zero-order valence-electron chi connectivity index (χ0n) is 9.02. The number of nitrogens with zero attached hydrogens (tertiary/aromatic N) is 1. The molecule has 1 N–H and O–H groups in total. The number of piperidine rings is 1. The number of amides is 1. The fourth-order valence-corrected chi connectivity index (χ4v) is 2.39. The van der Waals surface area contributed by atoms with Crippen molar-refractivity contribution in [2.45, 2.75) is 31.8 Å². The summed E-state index contributed by atoms with van der Waals surface area (Å²) in [5, 5.41) is 9.09. The summed E-state index contributed by atoms with van der Waals surface area (Å²) < 4.78 is 5.38. The molecule has 0 aliphatic carbocycles. The Balaban J connectivity index is 1.88. The number of aliphatic hydroxyl groups is 1. The first-order valence-corrected chi connectivity index (χ1v) is 5.82. The molecule has 86 valence electrons. The summed E-state index contributed by atoms with van der Waals surface area (Å²) in [5.41, 5.74) is 0. The number of ether oxygens (including phenoxy) is 1. The average Bonchev–Trinajstić information content (AvgIpc) is 2.81. The Bertz CT molecular complexity index is 226. The first-order valence-electron chi connectivity index (χ1n) is 5.82. The molecule has 2 aliphatic heterocycles. The van der Waals surface area contributed by atoms with E-state index >= 15 is 0 Å². The van der Waals surface area contributed by atoms with Crippen LogP contribution < -0.4 is 0 Å². The summed E-state index contributed by atoms with van der Waals surface area (Å²) in [7, 11) is 0. The summed E-state index contributed by atoms with van der Waals surface area (Å²) in [6, 6.07) is 0. The smallest absolute Gasteiger partial charge is 0.251 e. The number of carbonyl (C=O) groups excluding carboxylic acids is 1. The third-order valence-electron chi connectivity index (χ3n) is 3.29. The Kier molecular flexibility index (Phi) is 3.59. The molecule has 2 heterocycles. The van der Waals surface area contributed by atoms with Crippen molar-refractivity contribution in [3.8, 4) is 0 Å². The van der Waals surface area contributed by atoms with Crippen molar-refractivity contribution in [3.63, 3.8) is 0 Å². The molecule has 0 spiro atoms. The van der Waals surface area contributed by atoms with Crippen LogP contribution in [0.5, 0.6) is 0 Å². The molecule has 1 amide bonds. The van der Waals surface area contributed by atoms with Crippen molar-refractivity contribution >= 4 is 5.91 Å². The van der Waals surface area contributed by atoms with Gasteiger partial charge in [0.1, 0.15) is 6.10 Å². The van der Waals surface area contributed by atoms with Crippen LogP contribution in [0, 0.1) is 5.92 Å². The van der Waals surface area contributed by atoms with Crippen LogP contribution in [0.2, 0.25) is 0 Å². The van der Waals surface area contributed by atoms with Crippen molar-refractivity contribution in [1.29, 1.82) is 0 Å². The van der Waals surface area contributed by atoms with Crippen molar-refractivity contribution < 1.29 is 14.6 Å². The Morgan fingerprint density at radius 3 is 2.93 bits per heavy atom. The standard InChI is InChI=1S/C11H19NO3/c13-8-9-3-1-5-12(7-9)11(14)10-4-2-6-15-10/h9-10,13H,1-8H2/t9-,10-/m1/s1. The molecule has 15 heavy (non-hydrogen) atoms. The molecule has 2 fully saturated rings. The maximum Gasteiger partial charge on any atom is 0.251 e. The normalized spacial score (nSPS) is 31.9. The first kappa shape index (κ1) is 10.9. The zero-order chi connectivity index (χ0) is 10.7. The van der Waals surface area contributed by atoms with E-state index in [4.69, 9.17) is 9.84 Å². The molecule has 2 aliphatic rings. The quantitative estimate of drug-likeness (QED) is 0.722. The van der Waals surface area contributed by atoms with Gasteiger partial charge in [0.25, 0.3) is 5.91 Å². The van der Waals surface area contributed by atoms with E-state index in [9.17, 15) is 4.79 Å². The first-order chi connectivity index (χ1) is 7.31. The van der Waals surface area contributed by atoms with Crippen LogP contribution in [-0.2, 0) is 9.53 Å². The number of carbonyl (C=O) groups is 1. The topological polar surface area (TPSA) is 49.8 Å². The second-order valence-corrected chi connectivity index (χ2v) is 4.48. The Morgan fingerprint density at radius 1 is 1.40 bits per heavy atom. The van der Waals surface area contributed by atoms with Crippen LogP contribution in [0.1, 0.15) is 25.7 Å². The highest BCUT2D eigenvalue weighted by Crippen LogP contribution is 2.20. The molecule has 2 rings (SSSR count). The number of likely N-dealkylation sites (tertiary alicyclic amines) is 1. The van der Waals surface area contributed by atoms with Gasteiger partial charge in [-0.05, 0) is 31.6 Å². The Hall–Kier alpha value is -0.610. The zero-order valence-corrected chi connectivity index (χ0v) is 9.02. The molecule has 0 unspecified atom stereocenters. The van der Waals surface area contributed by atoms with E-state index in [0.717, 1.165) is 32.2 Å². The highest BCUT2D eigenvalue weighted by atomic mass is 16.5. The van der Waals surface area contributed by atoms with E-state index in [-0.39, 0.29) is 24.5 Å². The molecule has 2 atom stereocenters. The van der Waals surface area contributed by atoms with Gasteiger partial charge in [-0.15, -0.1) is 0 Å². The molecule has 0 aromatic rings. The van der Waals surface area contributed by atoms with Crippen molar-refractivity contribution in [3.05, 3.63) is 0 Å². The van der Waals surface area contributed by atoms with Gasteiger partial charge < -0.3 is 14.7 Å². The highest BCUT2D eigenvalue weighted by Gasteiger charge is 2.31. The fraction of sp³-hybridized carbons (Fsp3) is 0.909. The van der Waals surface area contributed by atoms with Gasteiger partial charge in [0.05, 0.1) is 0 Å². The van der Waals surface area contributed by atoms with Gasteiger partial charge in [-0.1, -0.05) is 0 Å². The van der Waals surface area contributed by atoms with Crippen LogP contribution in [0.15, 0.2) is 0 Å². The molecule has 4 nitrogen and oxygen atoms in total. The largest absolute Gasteiger partial charge is 0.396 e. The van der Waals surface area contributed by atoms with E-state index in [1.165, 1.54) is 0 Å². The van der Waals surface area contributed by atoms with E-state index in [1.807, 2.05) is 4.90 Å². The van der Waals surface area contributed by atoms with Crippen molar-refractivity contribution in [1.82, 2.24) is 4.90 Å². The Morgan fingerprint density at radius 2 is 2.27 bits per heavy atom. The second kappa shape index (κ2) is 4.94. The van der Waals surface area contributed by atoms with Gasteiger partial charge in [-0.3, -0.25) is 4.79 Å². The van der Waals surface area contributed by atoms with E-state index in [0.29, 0.717) is 13.2 Å². The minimum absolute atomic E-state index is 0.130. The number of hydrogen-bond donors (Lipinski definition) is 1. The summed E-state index contributed by atoms with van der Waals surface area (Å²) in [4.78, 5) is 13.8. The van der Waals surface area contributed by atoms with Crippen molar-refractivity contribution in [2.24, 2.45) is 5.92 Å². The lowest BCUT2D eigenvalue weighted by molar-refractivity contribution is -0.143. The van der Waals surface area contributed by atoms with Gasteiger partial charge in [0.2, 0.25) is 0 Å². The third kappa shape index (κ3) is 2.49. The molecule has 0 radical (unpaired) electrons. The molecule has 0 saturated carbocycles. The van der Waals surface area contributed by atoms with E-state index in [1.54, 1.807) is 0 Å². The average molecular weight is 213 g/mol. The summed E-state index contributed by atoms with van der Waals surface area (Å²) in [6.45, 7) is 2.44. The van der Waals surface area contributed by atoms with Crippen LogP contribution in [0.25, 0.3) is 0 Å². The van der Waals surface area contributed by atoms with Crippen LogP contribution >= 0.6 is 0 Å². The van der Waals surface area contributed by atoms with Gasteiger partial charge in [0, 0.05) is 26.3 Å². The number of rotatable bonds is 2. The van der Waals surface area contributed by atoms with Crippen LogP contribution in [0.4, 0.5) is 0 Å². The lowest BCUT2D eigenvalue weighted by atomic mass is 9.98. The van der Waals surface area contributed by atoms with Gasteiger partial charge in [-0.25, -0.2) is 0 Å². The fourth-order valence-electron chi connectivity index (χ4n) is 2.39. The maximum absolute atomic E-state index is 12.0. The van der Waals surface area contributed by atoms with Gasteiger partial charge >= 0.3 is 0 Å². The highest BCUT2D eigenvalue weighted by molar-refractivity contribution is 5.81.